The summed E-state index contributed by atoms with van der Waals surface area (Å²) in [6.07, 6.45) is 11.5. The molecule has 0 spiro atoms. The van der Waals surface area contributed by atoms with Gasteiger partial charge in [0.05, 0.1) is 10.4 Å². The summed E-state index contributed by atoms with van der Waals surface area (Å²) in [5.74, 6) is 0.00273. The van der Waals surface area contributed by atoms with Crippen LogP contribution in [0.25, 0.3) is 0 Å². The van der Waals surface area contributed by atoms with Crippen LogP contribution in [0.3, 0.4) is 0 Å². The maximum atomic E-state index is 12.3. The van der Waals surface area contributed by atoms with E-state index in [0.717, 1.165) is 13.0 Å². The number of unbranched alkanes of at least 4 members (excludes halogenated alkanes) is 7. The molecule has 0 radical (unpaired) electrons. The van der Waals surface area contributed by atoms with Crippen molar-refractivity contribution >= 4 is 23.1 Å². The van der Waals surface area contributed by atoms with E-state index < -0.39 is 5.41 Å². The van der Waals surface area contributed by atoms with Crippen molar-refractivity contribution in [1.29, 1.82) is 0 Å². The molecular formula is C17H34N2OS. The minimum atomic E-state index is -0.657. The summed E-state index contributed by atoms with van der Waals surface area (Å²) in [5.41, 5.74) is 5.12. The smallest absolute Gasteiger partial charge is 0.233 e. The Balaban J connectivity index is 3.81. The number of nitrogens with one attached hydrogen (secondary N) is 1. The fourth-order valence-corrected chi connectivity index (χ4v) is 3.04. The van der Waals surface area contributed by atoms with Gasteiger partial charge >= 0.3 is 0 Å². The van der Waals surface area contributed by atoms with Crippen LogP contribution in [0.5, 0.6) is 0 Å². The third-order valence-electron chi connectivity index (χ3n) is 4.43. The third-order valence-corrected chi connectivity index (χ3v) is 4.82. The van der Waals surface area contributed by atoms with Gasteiger partial charge in [0.2, 0.25) is 5.91 Å². The summed E-state index contributed by atoms with van der Waals surface area (Å²) in [7, 11) is 0. The van der Waals surface area contributed by atoms with Gasteiger partial charge in [0, 0.05) is 6.54 Å². The lowest BCUT2D eigenvalue weighted by atomic mass is 9.81. The van der Waals surface area contributed by atoms with Crippen LogP contribution in [0.15, 0.2) is 0 Å². The molecule has 4 heteroatoms. The van der Waals surface area contributed by atoms with Crippen LogP contribution < -0.4 is 11.1 Å². The molecule has 21 heavy (non-hydrogen) atoms. The predicted molar refractivity (Wildman–Crippen MR) is 95.4 cm³/mol. The Morgan fingerprint density at radius 3 is 1.86 bits per heavy atom. The molecule has 0 saturated heterocycles. The first-order chi connectivity index (χ1) is 10.0. The minimum absolute atomic E-state index is 0.00273. The maximum Gasteiger partial charge on any atom is 0.233 e. The van der Waals surface area contributed by atoms with Gasteiger partial charge in [-0.15, -0.1) is 0 Å². The van der Waals surface area contributed by atoms with Crippen molar-refractivity contribution < 1.29 is 4.79 Å². The lowest BCUT2D eigenvalue weighted by Crippen LogP contribution is -2.48. The Morgan fingerprint density at radius 1 is 0.952 bits per heavy atom. The highest BCUT2D eigenvalue weighted by Crippen LogP contribution is 2.27. The second-order valence-corrected chi connectivity index (χ2v) is 6.32. The second-order valence-electron chi connectivity index (χ2n) is 5.88. The molecule has 0 heterocycles. The number of rotatable bonds is 13. The monoisotopic (exact) mass is 314 g/mol. The van der Waals surface area contributed by atoms with Gasteiger partial charge in [-0.1, -0.05) is 77.9 Å². The minimum Gasteiger partial charge on any atom is -0.392 e. The predicted octanol–water partition coefficient (Wildman–Crippen LogP) is 4.34. The molecule has 0 rings (SSSR count). The number of amides is 1. The van der Waals surface area contributed by atoms with E-state index >= 15 is 0 Å². The zero-order valence-corrected chi connectivity index (χ0v) is 15.0. The normalized spacial score (nSPS) is 11.4. The second kappa shape index (κ2) is 12.0. The van der Waals surface area contributed by atoms with Crippen molar-refractivity contribution in [2.24, 2.45) is 11.1 Å². The Labute approximate surface area is 136 Å². The van der Waals surface area contributed by atoms with Crippen LogP contribution in [-0.2, 0) is 4.79 Å². The Bertz CT molecular complexity index is 301. The molecule has 0 aliphatic heterocycles. The van der Waals surface area contributed by atoms with E-state index in [1.807, 2.05) is 13.8 Å². The number of carbonyl (C=O) groups is 1. The fraction of sp³-hybridized carbons (Fsp3) is 0.882. The van der Waals surface area contributed by atoms with Crippen LogP contribution in [0, 0.1) is 5.41 Å². The summed E-state index contributed by atoms with van der Waals surface area (Å²) < 4.78 is 0. The average molecular weight is 315 g/mol. The van der Waals surface area contributed by atoms with E-state index in [4.69, 9.17) is 18.0 Å². The van der Waals surface area contributed by atoms with Crippen LogP contribution >= 0.6 is 12.2 Å². The van der Waals surface area contributed by atoms with Gasteiger partial charge < -0.3 is 11.1 Å². The van der Waals surface area contributed by atoms with Gasteiger partial charge in [-0.05, 0) is 19.3 Å². The van der Waals surface area contributed by atoms with E-state index in [1.165, 1.54) is 44.9 Å². The Kier molecular flexibility index (Phi) is 11.6. The SMILES string of the molecule is CCCCCCCCCCNC(=O)C(CC)(CC)C(N)=S. The molecular weight excluding hydrogens is 280 g/mol. The molecule has 0 aromatic rings. The molecule has 0 saturated carbocycles. The lowest BCUT2D eigenvalue weighted by Gasteiger charge is -2.28. The van der Waals surface area contributed by atoms with E-state index in [-0.39, 0.29) is 5.91 Å². The molecule has 1 amide bonds. The van der Waals surface area contributed by atoms with Crippen molar-refractivity contribution in [2.75, 3.05) is 6.54 Å². The first kappa shape index (κ1) is 20.4. The highest BCUT2D eigenvalue weighted by atomic mass is 32.1. The van der Waals surface area contributed by atoms with E-state index in [1.54, 1.807) is 0 Å². The molecule has 124 valence electrons. The number of nitrogens with two attached hydrogens (primary N) is 1. The van der Waals surface area contributed by atoms with Gasteiger partial charge in [0.25, 0.3) is 0 Å². The maximum absolute atomic E-state index is 12.3. The molecule has 3 N–H and O–H groups in total. The summed E-state index contributed by atoms with van der Waals surface area (Å²) in [6.45, 7) is 6.91. The summed E-state index contributed by atoms with van der Waals surface area (Å²) >= 11 is 5.09. The van der Waals surface area contributed by atoms with Gasteiger partial charge in [-0.25, -0.2) is 0 Å². The van der Waals surface area contributed by atoms with Gasteiger partial charge in [-0.3, -0.25) is 4.79 Å². The highest BCUT2D eigenvalue weighted by Gasteiger charge is 2.37. The van der Waals surface area contributed by atoms with E-state index in [2.05, 4.69) is 12.2 Å². The van der Waals surface area contributed by atoms with Gasteiger partial charge in [-0.2, -0.15) is 0 Å². The Morgan fingerprint density at radius 2 is 1.43 bits per heavy atom. The third kappa shape index (κ3) is 7.25. The quantitative estimate of drug-likeness (QED) is 0.393. The molecule has 0 aliphatic rings. The van der Waals surface area contributed by atoms with Crippen LogP contribution in [-0.4, -0.2) is 17.4 Å². The first-order valence-corrected chi connectivity index (χ1v) is 9.04. The van der Waals surface area contributed by atoms with Crippen molar-refractivity contribution in [1.82, 2.24) is 5.32 Å². The number of hydrogen-bond acceptors (Lipinski definition) is 2. The summed E-state index contributed by atoms with van der Waals surface area (Å²) in [4.78, 5) is 12.6. The van der Waals surface area contributed by atoms with Crippen molar-refractivity contribution in [3.8, 4) is 0 Å². The molecule has 0 aromatic carbocycles. The number of carbonyl (C=O) groups excluding carboxylic acids is 1. The van der Waals surface area contributed by atoms with Crippen LogP contribution in [0.1, 0.15) is 85.0 Å². The topological polar surface area (TPSA) is 55.1 Å². The highest BCUT2D eigenvalue weighted by molar-refractivity contribution is 7.80. The molecule has 0 fully saturated rings. The van der Waals surface area contributed by atoms with E-state index in [9.17, 15) is 4.79 Å². The Hall–Kier alpha value is -0.640. The summed E-state index contributed by atoms with van der Waals surface area (Å²) in [5, 5.41) is 3.01. The van der Waals surface area contributed by atoms with E-state index in [0.29, 0.717) is 17.8 Å². The zero-order valence-electron chi connectivity index (χ0n) is 14.2. The standard InChI is InChI=1S/C17H34N2OS/c1-4-7-8-9-10-11-12-13-14-19-16(20)17(5-2,6-3)15(18)21/h4-14H2,1-3H3,(H2,18,21)(H,19,20). The molecule has 0 bridgehead atoms. The first-order valence-electron chi connectivity index (χ1n) is 8.63. The fourth-order valence-electron chi connectivity index (χ4n) is 2.66. The lowest BCUT2D eigenvalue weighted by molar-refractivity contribution is -0.127. The molecule has 0 atom stereocenters. The van der Waals surface area contributed by atoms with Gasteiger partial charge in [0.1, 0.15) is 0 Å². The largest absolute Gasteiger partial charge is 0.392 e. The molecule has 0 aliphatic carbocycles. The van der Waals surface area contributed by atoms with Crippen LogP contribution in [0.2, 0.25) is 0 Å². The average Bonchev–Trinajstić information content (AvgIpc) is 2.47. The van der Waals surface area contributed by atoms with Crippen LogP contribution in [0.4, 0.5) is 0 Å². The summed E-state index contributed by atoms with van der Waals surface area (Å²) in [6, 6.07) is 0. The zero-order chi connectivity index (χ0) is 16.1. The number of hydrogen-bond donors (Lipinski definition) is 2. The van der Waals surface area contributed by atoms with Crippen molar-refractivity contribution in [2.45, 2.75) is 85.0 Å². The molecule has 3 nitrogen and oxygen atoms in total. The van der Waals surface area contributed by atoms with Crippen molar-refractivity contribution in [3.05, 3.63) is 0 Å². The van der Waals surface area contributed by atoms with Crippen molar-refractivity contribution in [3.63, 3.8) is 0 Å². The molecule has 0 aromatic heterocycles. The van der Waals surface area contributed by atoms with Gasteiger partial charge in [0.15, 0.2) is 0 Å². The number of thiocarbonyl (C=S) groups is 1. The molecule has 0 unspecified atom stereocenters.